The molecule has 0 spiro atoms. The first-order valence-electron chi connectivity index (χ1n) is 11.7. The molecule has 0 amide bonds. The Kier molecular flexibility index (Phi) is 23.0. The van der Waals surface area contributed by atoms with E-state index in [4.69, 9.17) is 81.2 Å². The van der Waals surface area contributed by atoms with Crippen LogP contribution in [0.15, 0.2) is 0 Å². The minimum absolute atomic E-state index is 0.00789. The molecule has 0 aliphatic heterocycles. The zero-order valence-corrected chi connectivity index (χ0v) is 23.7. The molecule has 0 radical (unpaired) electrons. The third-order valence-electron chi connectivity index (χ3n) is 5.50. The lowest BCUT2D eigenvalue weighted by Crippen LogP contribution is -2.11. The minimum atomic E-state index is 0.00789. The lowest BCUT2D eigenvalue weighted by Gasteiger charge is -2.15. The maximum atomic E-state index is 6.49. The van der Waals surface area contributed by atoms with E-state index in [0.29, 0.717) is 0 Å². The van der Waals surface area contributed by atoms with Crippen molar-refractivity contribution >= 4 is 81.2 Å². The monoisotopic (exact) mass is 562 g/mol. The van der Waals surface area contributed by atoms with E-state index in [1.54, 1.807) is 0 Å². The highest BCUT2D eigenvalue weighted by atomic mass is 35.5. The van der Waals surface area contributed by atoms with Crippen LogP contribution in [-0.4, -0.2) is 38.1 Å². The summed E-state index contributed by atoms with van der Waals surface area (Å²) in [6.07, 6.45) is 15.6. The van der Waals surface area contributed by atoms with Gasteiger partial charge in [0.25, 0.3) is 0 Å². The topological polar surface area (TPSA) is 0 Å². The second-order valence-electron chi connectivity index (χ2n) is 8.49. The molecule has 0 aromatic carbocycles. The van der Waals surface area contributed by atoms with Gasteiger partial charge in [-0.3, -0.25) is 0 Å². The molecule has 0 fully saturated rings. The molecule has 0 bridgehead atoms. The van der Waals surface area contributed by atoms with E-state index in [9.17, 15) is 0 Å². The highest BCUT2D eigenvalue weighted by Crippen LogP contribution is 2.24. The van der Waals surface area contributed by atoms with E-state index in [1.165, 1.54) is 0 Å². The molecule has 0 saturated heterocycles. The molecule has 0 N–H and O–H groups in total. The molecule has 182 valence electrons. The molecule has 7 heteroatoms. The normalized spacial score (nSPS) is 18.0. The van der Waals surface area contributed by atoms with Gasteiger partial charge in [-0.05, 0) is 71.1 Å². The lowest BCUT2D eigenvalue weighted by atomic mass is 10.0. The van der Waals surface area contributed by atoms with Crippen LogP contribution < -0.4 is 0 Å². The Morgan fingerprint density at radius 1 is 0.433 bits per heavy atom. The number of alkyl halides is 7. The molecule has 0 aromatic rings. The third-order valence-corrected chi connectivity index (χ3v) is 8.54. The summed E-state index contributed by atoms with van der Waals surface area (Å²) >= 11 is 43.6. The predicted molar refractivity (Wildman–Crippen MR) is 143 cm³/mol. The molecular formula is C23H41Cl7. The molecule has 0 saturated carbocycles. The summed E-state index contributed by atoms with van der Waals surface area (Å²) in [7, 11) is 0. The lowest BCUT2D eigenvalue weighted by molar-refractivity contribution is 0.531. The number of unbranched alkanes of at least 4 members (excludes halogenated alkanes) is 1. The van der Waals surface area contributed by atoms with E-state index in [1.807, 2.05) is 6.92 Å². The molecular weight excluding hydrogens is 524 g/mol. The van der Waals surface area contributed by atoms with Gasteiger partial charge in [0.15, 0.2) is 0 Å². The molecule has 0 aliphatic carbocycles. The molecule has 6 atom stereocenters. The Morgan fingerprint density at radius 3 is 1.03 bits per heavy atom. The first-order valence-corrected chi connectivity index (χ1v) is 14.8. The standard InChI is InChI=1S/C23H41Cl7/c1-18(25)23(30)16-7-15-22(29)14-6-13-21(28)12-5-11-20(27)10-4-9-19(26)8-2-3-17-24/h18-23H,2-17H2,1H3. The summed E-state index contributed by atoms with van der Waals surface area (Å²) in [6.45, 7) is 1.94. The SMILES string of the molecule is CC(Cl)C(Cl)CCCC(Cl)CCCC(Cl)CCCC(Cl)CCCC(Cl)CCCCCl. The molecule has 0 heterocycles. The highest BCUT2D eigenvalue weighted by molar-refractivity contribution is 6.29. The second kappa shape index (κ2) is 21.6. The summed E-state index contributed by atoms with van der Waals surface area (Å²) in [5, 5.41) is 0.955. The van der Waals surface area contributed by atoms with Crippen LogP contribution in [0.4, 0.5) is 0 Å². The van der Waals surface area contributed by atoms with E-state index >= 15 is 0 Å². The molecule has 0 aromatic heterocycles. The summed E-state index contributed by atoms with van der Waals surface area (Å²) < 4.78 is 0. The molecule has 0 rings (SSSR count). The second-order valence-corrected chi connectivity index (χ2v) is 12.6. The van der Waals surface area contributed by atoms with Gasteiger partial charge in [0, 0.05) is 38.1 Å². The van der Waals surface area contributed by atoms with Crippen LogP contribution >= 0.6 is 81.2 Å². The van der Waals surface area contributed by atoms with Gasteiger partial charge < -0.3 is 0 Å². The maximum Gasteiger partial charge on any atom is 0.0497 e. The van der Waals surface area contributed by atoms with E-state index < -0.39 is 0 Å². The molecule has 0 aliphatic rings. The highest BCUT2D eigenvalue weighted by Gasteiger charge is 2.14. The maximum absolute atomic E-state index is 6.49. The van der Waals surface area contributed by atoms with Crippen LogP contribution in [0.25, 0.3) is 0 Å². The Labute approximate surface area is 221 Å². The van der Waals surface area contributed by atoms with Crippen molar-refractivity contribution in [1.29, 1.82) is 0 Å². The van der Waals surface area contributed by atoms with Gasteiger partial charge in [0.05, 0.1) is 0 Å². The Hall–Kier alpha value is 2.03. The van der Waals surface area contributed by atoms with Crippen LogP contribution in [0.1, 0.15) is 103 Å². The number of rotatable bonds is 21. The van der Waals surface area contributed by atoms with Gasteiger partial charge in [0.2, 0.25) is 0 Å². The van der Waals surface area contributed by atoms with Crippen molar-refractivity contribution in [3.8, 4) is 0 Å². The van der Waals surface area contributed by atoms with Gasteiger partial charge >= 0.3 is 0 Å². The van der Waals surface area contributed by atoms with E-state index in [0.717, 1.165) is 102 Å². The number of hydrogen-bond acceptors (Lipinski definition) is 0. The third kappa shape index (κ3) is 20.6. The summed E-state index contributed by atoms with van der Waals surface area (Å²) in [5.74, 6) is 0.727. The number of hydrogen-bond donors (Lipinski definition) is 0. The van der Waals surface area contributed by atoms with Crippen LogP contribution in [0, 0.1) is 0 Å². The van der Waals surface area contributed by atoms with Gasteiger partial charge in [0.1, 0.15) is 0 Å². The van der Waals surface area contributed by atoms with Crippen molar-refractivity contribution in [3.63, 3.8) is 0 Å². The zero-order chi connectivity index (χ0) is 22.8. The first kappa shape index (κ1) is 32.0. The molecule has 0 nitrogen and oxygen atoms in total. The fraction of sp³-hybridized carbons (Fsp3) is 1.00. The predicted octanol–water partition coefficient (Wildman–Crippen LogP) is 10.7. The molecule has 6 unspecified atom stereocenters. The van der Waals surface area contributed by atoms with Gasteiger partial charge in [-0.1, -0.05) is 32.1 Å². The summed E-state index contributed by atoms with van der Waals surface area (Å²) in [6, 6.07) is 0. The van der Waals surface area contributed by atoms with Crippen LogP contribution in [0.2, 0.25) is 0 Å². The molecule has 30 heavy (non-hydrogen) atoms. The van der Waals surface area contributed by atoms with Crippen LogP contribution in [0.5, 0.6) is 0 Å². The largest absolute Gasteiger partial charge is 0.127 e. The quantitative estimate of drug-likeness (QED) is 0.0959. The fourth-order valence-corrected chi connectivity index (χ4v) is 5.19. The smallest absolute Gasteiger partial charge is 0.0497 e. The Balaban J connectivity index is 3.60. The Morgan fingerprint density at radius 2 is 0.733 bits per heavy atom. The van der Waals surface area contributed by atoms with E-state index in [-0.39, 0.29) is 32.3 Å². The van der Waals surface area contributed by atoms with E-state index in [2.05, 4.69) is 0 Å². The van der Waals surface area contributed by atoms with Crippen molar-refractivity contribution < 1.29 is 0 Å². The minimum Gasteiger partial charge on any atom is -0.127 e. The Bertz CT molecular complexity index is 367. The van der Waals surface area contributed by atoms with Crippen LogP contribution in [-0.2, 0) is 0 Å². The zero-order valence-electron chi connectivity index (χ0n) is 18.4. The van der Waals surface area contributed by atoms with Crippen molar-refractivity contribution in [2.45, 2.75) is 135 Å². The van der Waals surface area contributed by atoms with Gasteiger partial charge in [-0.25, -0.2) is 0 Å². The van der Waals surface area contributed by atoms with Gasteiger partial charge in [-0.2, -0.15) is 0 Å². The fourth-order valence-electron chi connectivity index (χ4n) is 3.48. The van der Waals surface area contributed by atoms with Crippen molar-refractivity contribution in [2.75, 3.05) is 5.88 Å². The number of halogens is 7. The van der Waals surface area contributed by atoms with Crippen molar-refractivity contribution in [3.05, 3.63) is 0 Å². The van der Waals surface area contributed by atoms with Crippen LogP contribution in [0.3, 0.4) is 0 Å². The van der Waals surface area contributed by atoms with Gasteiger partial charge in [-0.15, -0.1) is 81.2 Å². The van der Waals surface area contributed by atoms with Crippen molar-refractivity contribution in [2.24, 2.45) is 0 Å². The average molecular weight is 566 g/mol. The summed E-state index contributed by atoms with van der Waals surface area (Å²) in [5.41, 5.74) is 0. The first-order chi connectivity index (χ1) is 14.3. The van der Waals surface area contributed by atoms with Crippen molar-refractivity contribution in [1.82, 2.24) is 0 Å². The summed E-state index contributed by atoms with van der Waals surface area (Å²) in [4.78, 5) is 0. The average Bonchev–Trinajstić information content (AvgIpc) is 2.68.